The number of hydrogen-bond acceptors (Lipinski definition) is 6. The second-order valence-electron chi connectivity index (χ2n) is 7.35. The zero-order chi connectivity index (χ0) is 22.2. The third-order valence-corrected chi connectivity index (χ3v) is 5.34. The number of benzene rings is 2. The first-order chi connectivity index (χ1) is 15.1. The molecule has 2 aromatic carbocycles. The van der Waals surface area contributed by atoms with Gasteiger partial charge in [-0.05, 0) is 37.0 Å². The predicted molar refractivity (Wildman–Crippen MR) is 116 cm³/mol. The molecule has 0 N–H and O–H groups in total. The Bertz CT molecular complexity index is 867. The molecule has 31 heavy (non-hydrogen) atoms. The van der Waals surface area contributed by atoms with Crippen LogP contribution in [0.25, 0.3) is 0 Å². The van der Waals surface area contributed by atoms with Crippen molar-refractivity contribution in [3.05, 3.63) is 53.6 Å². The molecule has 1 aliphatic rings. The summed E-state index contributed by atoms with van der Waals surface area (Å²) in [6.45, 7) is 1.40. The molecule has 0 saturated carbocycles. The number of esters is 1. The van der Waals surface area contributed by atoms with E-state index in [9.17, 15) is 9.59 Å². The maximum Gasteiger partial charge on any atom is 0.307 e. The van der Waals surface area contributed by atoms with E-state index in [0.29, 0.717) is 42.3 Å². The van der Waals surface area contributed by atoms with Gasteiger partial charge < -0.3 is 23.8 Å². The standard InChI is InChI=1S/C24H29NO6/c1-28-19-15-17(16-20(29-2)23(19)30-3)11-12-21(26)31-22(18-9-5-4-6-10-18)24(27)25-13-7-8-14-25/h4-6,9-10,15-16,22H,7-8,11-14H2,1-3H3. The Morgan fingerprint density at radius 1 is 0.935 bits per heavy atom. The first-order valence-electron chi connectivity index (χ1n) is 10.4. The van der Waals surface area contributed by atoms with Crippen LogP contribution in [0.15, 0.2) is 42.5 Å². The second-order valence-corrected chi connectivity index (χ2v) is 7.35. The molecule has 3 rings (SSSR count). The van der Waals surface area contributed by atoms with Gasteiger partial charge in [-0.25, -0.2) is 0 Å². The van der Waals surface area contributed by atoms with Crippen LogP contribution in [0.4, 0.5) is 0 Å². The molecule has 166 valence electrons. The van der Waals surface area contributed by atoms with E-state index in [0.717, 1.165) is 18.4 Å². The van der Waals surface area contributed by atoms with Crippen molar-refractivity contribution in [2.24, 2.45) is 0 Å². The third kappa shape index (κ3) is 5.48. The van der Waals surface area contributed by atoms with E-state index in [4.69, 9.17) is 18.9 Å². The molecule has 0 spiro atoms. The first kappa shape index (κ1) is 22.5. The molecular formula is C24H29NO6. The number of amides is 1. The van der Waals surface area contributed by atoms with E-state index < -0.39 is 12.1 Å². The van der Waals surface area contributed by atoms with Crippen molar-refractivity contribution < 1.29 is 28.5 Å². The van der Waals surface area contributed by atoms with Gasteiger partial charge in [-0.15, -0.1) is 0 Å². The van der Waals surface area contributed by atoms with Crippen molar-refractivity contribution in [3.8, 4) is 17.2 Å². The second kappa shape index (κ2) is 10.7. The topological polar surface area (TPSA) is 74.3 Å². The summed E-state index contributed by atoms with van der Waals surface area (Å²) in [5, 5.41) is 0. The van der Waals surface area contributed by atoms with Crippen molar-refractivity contribution in [3.63, 3.8) is 0 Å². The summed E-state index contributed by atoms with van der Waals surface area (Å²) in [6, 6.07) is 12.8. The predicted octanol–water partition coefficient (Wildman–Crippen LogP) is 3.55. The molecule has 1 fully saturated rings. The highest BCUT2D eigenvalue weighted by Crippen LogP contribution is 2.38. The Morgan fingerprint density at radius 2 is 1.55 bits per heavy atom. The molecule has 7 nitrogen and oxygen atoms in total. The molecule has 0 radical (unpaired) electrons. The van der Waals surface area contributed by atoms with Crippen LogP contribution in [0.2, 0.25) is 0 Å². The average molecular weight is 427 g/mol. The molecule has 1 atom stereocenters. The largest absolute Gasteiger partial charge is 0.493 e. The fourth-order valence-corrected chi connectivity index (χ4v) is 3.71. The minimum atomic E-state index is -0.924. The van der Waals surface area contributed by atoms with Crippen LogP contribution in [-0.2, 0) is 20.7 Å². The number of likely N-dealkylation sites (tertiary alicyclic amines) is 1. The van der Waals surface area contributed by atoms with Gasteiger partial charge in [0.05, 0.1) is 21.3 Å². The summed E-state index contributed by atoms with van der Waals surface area (Å²) in [6.07, 6.45) is 1.56. The Labute approximate surface area is 182 Å². The van der Waals surface area contributed by atoms with E-state index in [1.54, 1.807) is 38.4 Å². The van der Waals surface area contributed by atoms with Crippen LogP contribution in [0, 0.1) is 0 Å². The number of hydrogen-bond donors (Lipinski definition) is 0. The zero-order valence-electron chi connectivity index (χ0n) is 18.3. The molecule has 1 unspecified atom stereocenters. The minimum absolute atomic E-state index is 0.120. The van der Waals surface area contributed by atoms with E-state index >= 15 is 0 Å². The molecule has 1 amide bonds. The number of ether oxygens (including phenoxy) is 4. The normalized spacial score (nSPS) is 14.1. The fraction of sp³-hybridized carbons (Fsp3) is 0.417. The lowest BCUT2D eigenvalue weighted by Crippen LogP contribution is -2.34. The highest BCUT2D eigenvalue weighted by Gasteiger charge is 2.30. The number of carbonyl (C=O) groups is 2. The molecule has 2 aromatic rings. The van der Waals surface area contributed by atoms with Crippen LogP contribution >= 0.6 is 0 Å². The van der Waals surface area contributed by atoms with Crippen molar-refractivity contribution in [1.82, 2.24) is 4.90 Å². The molecule has 7 heteroatoms. The highest BCUT2D eigenvalue weighted by atomic mass is 16.5. The smallest absolute Gasteiger partial charge is 0.307 e. The summed E-state index contributed by atoms with van der Waals surface area (Å²) < 4.78 is 21.7. The van der Waals surface area contributed by atoms with Gasteiger partial charge >= 0.3 is 5.97 Å². The monoisotopic (exact) mass is 427 g/mol. The van der Waals surface area contributed by atoms with Crippen molar-refractivity contribution in [2.75, 3.05) is 34.4 Å². The molecule has 0 aromatic heterocycles. The SMILES string of the molecule is COc1cc(CCC(=O)OC(C(=O)N2CCCC2)c2ccccc2)cc(OC)c1OC. The van der Waals surface area contributed by atoms with Crippen LogP contribution in [0.1, 0.15) is 36.5 Å². The van der Waals surface area contributed by atoms with E-state index in [-0.39, 0.29) is 12.3 Å². The lowest BCUT2D eigenvalue weighted by molar-refractivity contribution is -0.160. The number of aryl methyl sites for hydroxylation is 1. The highest BCUT2D eigenvalue weighted by molar-refractivity contribution is 5.85. The Morgan fingerprint density at radius 3 is 2.10 bits per heavy atom. The Kier molecular flexibility index (Phi) is 7.76. The summed E-state index contributed by atoms with van der Waals surface area (Å²) in [4.78, 5) is 27.4. The number of carbonyl (C=O) groups excluding carboxylic acids is 2. The van der Waals surface area contributed by atoms with E-state index in [1.807, 2.05) is 30.3 Å². The maximum atomic E-state index is 13.0. The quantitative estimate of drug-likeness (QED) is 0.570. The van der Waals surface area contributed by atoms with E-state index in [1.165, 1.54) is 0 Å². The lowest BCUT2D eigenvalue weighted by Gasteiger charge is -2.23. The van der Waals surface area contributed by atoms with Gasteiger partial charge in [0.1, 0.15) is 0 Å². The molecule has 1 aliphatic heterocycles. The number of methoxy groups -OCH3 is 3. The molecule has 1 heterocycles. The molecule has 1 saturated heterocycles. The summed E-state index contributed by atoms with van der Waals surface area (Å²) in [7, 11) is 4.63. The van der Waals surface area contributed by atoms with Crippen LogP contribution in [-0.4, -0.2) is 51.2 Å². The Hall–Kier alpha value is -3.22. The summed E-state index contributed by atoms with van der Waals surface area (Å²) in [5.74, 6) is 0.949. The lowest BCUT2D eigenvalue weighted by atomic mass is 10.1. The van der Waals surface area contributed by atoms with Crippen molar-refractivity contribution in [2.45, 2.75) is 31.8 Å². The van der Waals surface area contributed by atoms with Gasteiger partial charge in [0.15, 0.2) is 11.5 Å². The van der Waals surface area contributed by atoms with Gasteiger partial charge in [0, 0.05) is 25.1 Å². The van der Waals surface area contributed by atoms with Crippen LogP contribution < -0.4 is 14.2 Å². The number of rotatable bonds is 9. The molecular weight excluding hydrogens is 398 g/mol. The maximum absolute atomic E-state index is 13.0. The minimum Gasteiger partial charge on any atom is -0.493 e. The summed E-state index contributed by atoms with van der Waals surface area (Å²) in [5.41, 5.74) is 1.52. The average Bonchev–Trinajstić information content (AvgIpc) is 3.35. The van der Waals surface area contributed by atoms with Gasteiger partial charge in [-0.2, -0.15) is 0 Å². The van der Waals surface area contributed by atoms with Gasteiger partial charge in [0.2, 0.25) is 11.9 Å². The zero-order valence-corrected chi connectivity index (χ0v) is 18.3. The number of nitrogens with zero attached hydrogens (tertiary/aromatic N) is 1. The molecule has 0 bridgehead atoms. The van der Waals surface area contributed by atoms with Gasteiger partial charge in [-0.1, -0.05) is 30.3 Å². The fourth-order valence-electron chi connectivity index (χ4n) is 3.71. The van der Waals surface area contributed by atoms with E-state index in [2.05, 4.69) is 0 Å². The first-order valence-corrected chi connectivity index (χ1v) is 10.4. The van der Waals surface area contributed by atoms with Gasteiger partial charge in [0.25, 0.3) is 5.91 Å². The van der Waals surface area contributed by atoms with Gasteiger partial charge in [-0.3, -0.25) is 9.59 Å². The third-order valence-electron chi connectivity index (χ3n) is 5.34. The van der Waals surface area contributed by atoms with Crippen molar-refractivity contribution in [1.29, 1.82) is 0 Å². The van der Waals surface area contributed by atoms with Crippen molar-refractivity contribution >= 4 is 11.9 Å². The summed E-state index contributed by atoms with van der Waals surface area (Å²) >= 11 is 0. The Balaban J connectivity index is 1.70. The van der Waals surface area contributed by atoms with Crippen LogP contribution in [0.3, 0.4) is 0 Å². The van der Waals surface area contributed by atoms with Crippen LogP contribution in [0.5, 0.6) is 17.2 Å². The molecule has 0 aliphatic carbocycles.